The molecule has 1 heterocycles. The van der Waals surface area contributed by atoms with Crippen molar-refractivity contribution in [3.63, 3.8) is 0 Å². The Morgan fingerprint density at radius 2 is 0.797 bits per heavy atom. The van der Waals surface area contributed by atoms with Crippen molar-refractivity contribution in [2.24, 2.45) is 0 Å². The molecule has 0 fully saturated rings. The molecule has 1 aromatic heterocycles. The van der Waals surface area contributed by atoms with Crippen LogP contribution in [0.15, 0.2) is 241 Å². The molecule has 0 saturated heterocycles. The van der Waals surface area contributed by atoms with Gasteiger partial charge in [-0.05, 0) is 115 Å². The van der Waals surface area contributed by atoms with Crippen LogP contribution in [0.25, 0.3) is 77.6 Å². The van der Waals surface area contributed by atoms with E-state index < -0.39 is 5.41 Å². The second kappa shape index (κ2) is 14.7. The molecule has 11 aromatic rings. The highest BCUT2D eigenvalue weighted by Crippen LogP contribution is 2.65. The van der Waals surface area contributed by atoms with E-state index in [1.54, 1.807) is 0 Å². The molecule has 304 valence electrons. The Balaban J connectivity index is 0.00000234. The van der Waals surface area contributed by atoms with Crippen LogP contribution in [-0.2, 0) is 5.41 Å². The number of furan rings is 1. The van der Waals surface area contributed by atoms with Gasteiger partial charge in [-0.15, -0.1) is 0 Å². The molecule has 64 heavy (non-hydrogen) atoms. The van der Waals surface area contributed by atoms with Crippen LogP contribution in [0.3, 0.4) is 0 Å². The largest absolute Gasteiger partial charge is 0.455 e. The zero-order valence-electron chi connectivity index (χ0n) is 34.4. The van der Waals surface area contributed by atoms with Crippen molar-refractivity contribution in [1.82, 2.24) is 0 Å². The Labute approximate surface area is 375 Å². The van der Waals surface area contributed by atoms with Crippen molar-refractivity contribution in [1.29, 1.82) is 0 Å². The van der Waals surface area contributed by atoms with E-state index in [0.29, 0.717) is 0 Å². The second-order valence-electron chi connectivity index (χ2n) is 16.7. The molecule has 1 spiro atoms. The van der Waals surface area contributed by atoms with Crippen LogP contribution in [0.1, 0.15) is 31.1 Å². The summed E-state index contributed by atoms with van der Waals surface area (Å²) in [5.41, 5.74) is 21.9. The van der Waals surface area contributed by atoms with Gasteiger partial charge in [0.05, 0.1) is 5.41 Å². The number of anilines is 3. The highest BCUT2D eigenvalue weighted by Gasteiger charge is 2.52. The summed E-state index contributed by atoms with van der Waals surface area (Å²) in [7, 11) is 0. The van der Waals surface area contributed by atoms with E-state index in [0.717, 1.165) is 44.6 Å². The first kappa shape index (κ1) is 37.6. The number of hydrogen-bond acceptors (Lipinski definition) is 2. The lowest BCUT2D eigenvalue weighted by molar-refractivity contribution is 0.670. The monoisotopic (exact) mass is 819 g/mol. The predicted molar refractivity (Wildman–Crippen MR) is 270 cm³/mol. The molecule has 2 aliphatic carbocycles. The van der Waals surface area contributed by atoms with Gasteiger partial charge >= 0.3 is 0 Å². The molecule has 0 bridgehead atoms. The normalized spacial score (nSPS) is 12.7. The van der Waals surface area contributed by atoms with Gasteiger partial charge in [0.1, 0.15) is 11.2 Å². The van der Waals surface area contributed by atoms with Crippen LogP contribution in [-0.4, -0.2) is 0 Å². The van der Waals surface area contributed by atoms with Crippen LogP contribution < -0.4 is 4.90 Å². The molecule has 0 atom stereocenters. The average Bonchev–Trinajstić information content (AvgIpc) is 3.99. The maximum absolute atomic E-state index is 6.73. The first-order valence-corrected chi connectivity index (χ1v) is 21.8. The van der Waals surface area contributed by atoms with Crippen molar-refractivity contribution in [2.45, 2.75) is 12.8 Å². The van der Waals surface area contributed by atoms with Gasteiger partial charge in [-0.1, -0.05) is 202 Å². The Hall–Kier alpha value is -8.20. The summed E-state index contributed by atoms with van der Waals surface area (Å²) in [6.45, 7) is 0. The summed E-state index contributed by atoms with van der Waals surface area (Å²) in [4.78, 5) is 2.42. The lowest BCUT2D eigenvalue weighted by atomic mass is 9.70. The van der Waals surface area contributed by atoms with Crippen LogP contribution in [0, 0.1) is 0 Å². The molecule has 2 aliphatic rings. The maximum Gasteiger partial charge on any atom is 0.143 e. The fraction of sp³-hybridized carbons (Fsp3) is 0.0323. The van der Waals surface area contributed by atoms with Gasteiger partial charge in [-0.25, -0.2) is 0 Å². The van der Waals surface area contributed by atoms with Gasteiger partial charge in [0.2, 0.25) is 0 Å². The Bertz CT molecular complexity index is 3430. The summed E-state index contributed by atoms with van der Waals surface area (Å²) < 4.78 is 6.73. The van der Waals surface area contributed by atoms with E-state index in [1.807, 2.05) is 0 Å². The smallest absolute Gasteiger partial charge is 0.143 e. The molecule has 0 radical (unpaired) electrons. The molecule has 0 N–H and O–H groups in total. The standard InChI is InChI=1S/C61H39NO.CH4.H2/c1-3-15-40(16-4-1)42-29-33-44(34-30-42)62(45-35-31-43(32-36-45)41-17-5-2-6-18-41)46-37-38-53-57(39-46)61(54-25-10-7-19-47(54)48-20-8-11-26-55(48)61)56-27-14-22-50(59(53)56)52-24-13-23-51-49-21-9-12-28-58(49)63-60(51)52;;/h1-39H;1H4;1H. The van der Waals surface area contributed by atoms with E-state index >= 15 is 0 Å². The number of fused-ring (bicyclic) bond motifs is 13. The first-order chi connectivity index (χ1) is 31.3. The lowest BCUT2D eigenvalue weighted by Crippen LogP contribution is -2.26. The fourth-order valence-electron chi connectivity index (χ4n) is 10.8. The number of para-hydroxylation sites is 2. The Kier molecular flexibility index (Phi) is 8.64. The second-order valence-corrected chi connectivity index (χ2v) is 16.7. The van der Waals surface area contributed by atoms with Crippen LogP contribution in [0.2, 0.25) is 0 Å². The molecule has 0 amide bonds. The van der Waals surface area contributed by atoms with Crippen LogP contribution >= 0.6 is 0 Å². The quantitative estimate of drug-likeness (QED) is 0.166. The van der Waals surface area contributed by atoms with E-state index in [2.05, 4.69) is 241 Å². The number of benzene rings is 10. The van der Waals surface area contributed by atoms with Gasteiger partial charge in [0.15, 0.2) is 0 Å². The minimum absolute atomic E-state index is 0. The van der Waals surface area contributed by atoms with Gasteiger partial charge in [0.25, 0.3) is 0 Å². The molecule has 10 aromatic carbocycles. The summed E-state index contributed by atoms with van der Waals surface area (Å²) in [5, 5.41) is 2.27. The molecular formula is C62H45NO. The number of rotatable bonds is 6. The molecule has 0 unspecified atom stereocenters. The van der Waals surface area contributed by atoms with Crippen molar-refractivity contribution in [3.8, 4) is 55.6 Å². The molecule has 13 rings (SSSR count). The van der Waals surface area contributed by atoms with Gasteiger partial charge in [-0.3, -0.25) is 0 Å². The van der Waals surface area contributed by atoms with Gasteiger partial charge < -0.3 is 9.32 Å². The molecule has 0 aliphatic heterocycles. The van der Waals surface area contributed by atoms with Crippen LogP contribution in [0.4, 0.5) is 17.1 Å². The van der Waals surface area contributed by atoms with Gasteiger partial charge in [0, 0.05) is 34.8 Å². The molecule has 2 heteroatoms. The Morgan fingerprint density at radius 3 is 1.44 bits per heavy atom. The van der Waals surface area contributed by atoms with Crippen molar-refractivity contribution < 1.29 is 5.84 Å². The highest BCUT2D eigenvalue weighted by molar-refractivity contribution is 6.12. The van der Waals surface area contributed by atoms with E-state index in [4.69, 9.17) is 4.42 Å². The van der Waals surface area contributed by atoms with Crippen molar-refractivity contribution >= 4 is 39.0 Å². The predicted octanol–water partition coefficient (Wildman–Crippen LogP) is 17.3. The van der Waals surface area contributed by atoms with Crippen molar-refractivity contribution in [2.75, 3.05) is 4.90 Å². The number of hydrogen-bond donors (Lipinski definition) is 0. The zero-order valence-corrected chi connectivity index (χ0v) is 34.4. The maximum atomic E-state index is 6.73. The lowest BCUT2D eigenvalue weighted by Gasteiger charge is -2.32. The third-order valence-electron chi connectivity index (χ3n) is 13.5. The van der Waals surface area contributed by atoms with E-state index in [-0.39, 0.29) is 8.85 Å². The molecular weight excluding hydrogens is 775 g/mol. The molecule has 0 saturated carbocycles. The Morgan fingerprint density at radius 1 is 0.328 bits per heavy atom. The summed E-state index contributed by atoms with van der Waals surface area (Å²) in [5.74, 6) is 0. The third-order valence-corrected chi connectivity index (χ3v) is 13.5. The fourth-order valence-corrected chi connectivity index (χ4v) is 10.8. The number of nitrogens with zero attached hydrogens (tertiary/aromatic N) is 1. The molecule has 2 nitrogen and oxygen atoms in total. The zero-order chi connectivity index (χ0) is 41.5. The summed E-state index contributed by atoms with van der Waals surface area (Å²) in [6.07, 6.45) is 0. The minimum Gasteiger partial charge on any atom is -0.455 e. The first-order valence-electron chi connectivity index (χ1n) is 21.8. The minimum atomic E-state index is -0.550. The highest BCUT2D eigenvalue weighted by atomic mass is 16.3. The third kappa shape index (κ3) is 5.46. The summed E-state index contributed by atoms with van der Waals surface area (Å²) >= 11 is 0. The SMILES string of the molecule is C.[HH].c1ccc(-c2ccc(N(c3ccc(-c4ccccc4)cc3)c3ccc4c(c3)C3(c5ccccc5-c5ccccc53)c3cccc(-c5cccc6c5oc5ccccc56)c3-4)cc2)cc1. The van der Waals surface area contributed by atoms with E-state index in [1.165, 1.54) is 72.3 Å². The average molecular weight is 820 g/mol. The van der Waals surface area contributed by atoms with Crippen LogP contribution in [0.5, 0.6) is 0 Å². The summed E-state index contributed by atoms with van der Waals surface area (Å²) in [6, 6.07) is 86.4. The topological polar surface area (TPSA) is 16.4 Å². The van der Waals surface area contributed by atoms with Crippen molar-refractivity contribution in [3.05, 3.63) is 259 Å². The van der Waals surface area contributed by atoms with E-state index in [9.17, 15) is 0 Å². The van der Waals surface area contributed by atoms with Gasteiger partial charge in [-0.2, -0.15) is 0 Å².